The second-order valence-corrected chi connectivity index (χ2v) is 6.99. The molecule has 1 atom stereocenters. The van der Waals surface area contributed by atoms with Gasteiger partial charge in [-0.25, -0.2) is 0 Å². The van der Waals surface area contributed by atoms with Gasteiger partial charge in [0.15, 0.2) is 0 Å². The van der Waals surface area contributed by atoms with Crippen molar-refractivity contribution in [3.63, 3.8) is 0 Å². The summed E-state index contributed by atoms with van der Waals surface area (Å²) >= 11 is 6.41. The number of halogens is 1. The van der Waals surface area contributed by atoms with Crippen LogP contribution in [0.2, 0.25) is 5.02 Å². The number of aliphatic hydroxyl groups is 1. The first-order chi connectivity index (χ1) is 9.60. The number of hydrogen-bond acceptors (Lipinski definition) is 2. The van der Waals surface area contributed by atoms with Crippen LogP contribution in [0.25, 0.3) is 0 Å². The molecule has 2 aliphatic rings. The Morgan fingerprint density at radius 1 is 1.15 bits per heavy atom. The molecule has 1 heterocycles. The van der Waals surface area contributed by atoms with Gasteiger partial charge in [0, 0.05) is 13.1 Å². The summed E-state index contributed by atoms with van der Waals surface area (Å²) in [7, 11) is 0. The molecule has 3 heteroatoms. The molecule has 0 bridgehead atoms. The van der Waals surface area contributed by atoms with E-state index in [1.54, 1.807) is 6.92 Å². The van der Waals surface area contributed by atoms with Gasteiger partial charge in [-0.15, -0.1) is 0 Å². The fraction of sp³-hybridized carbons (Fsp3) is 0.647. The van der Waals surface area contributed by atoms with Crippen molar-refractivity contribution >= 4 is 17.3 Å². The topological polar surface area (TPSA) is 23.5 Å². The van der Waals surface area contributed by atoms with Crippen molar-refractivity contribution in [2.24, 2.45) is 5.41 Å². The molecule has 0 amide bonds. The summed E-state index contributed by atoms with van der Waals surface area (Å²) in [6.45, 7) is 4.01. The van der Waals surface area contributed by atoms with Crippen molar-refractivity contribution in [2.75, 3.05) is 18.0 Å². The zero-order valence-electron chi connectivity index (χ0n) is 12.2. The lowest BCUT2D eigenvalue weighted by Crippen LogP contribution is -2.39. The van der Waals surface area contributed by atoms with Crippen LogP contribution in [-0.4, -0.2) is 18.2 Å². The predicted octanol–water partition coefficient (Wildman–Crippen LogP) is 4.55. The Hall–Kier alpha value is -0.730. The molecule has 3 rings (SSSR count). The first-order valence-electron chi connectivity index (χ1n) is 7.82. The lowest BCUT2D eigenvalue weighted by atomic mass is 9.77. The lowest BCUT2D eigenvalue weighted by molar-refractivity contribution is 0.199. The van der Waals surface area contributed by atoms with Gasteiger partial charge in [0.1, 0.15) is 0 Å². The van der Waals surface area contributed by atoms with E-state index in [-0.39, 0.29) is 0 Å². The van der Waals surface area contributed by atoms with E-state index in [0.29, 0.717) is 5.41 Å². The molecule has 1 spiro atoms. The number of rotatable bonds is 2. The van der Waals surface area contributed by atoms with Gasteiger partial charge in [-0.3, -0.25) is 0 Å². The summed E-state index contributed by atoms with van der Waals surface area (Å²) in [6.07, 6.45) is 7.85. The van der Waals surface area contributed by atoms with Crippen molar-refractivity contribution in [1.82, 2.24) is 0 Å². The molecule has 0 unspecified atom stereocenters. The summed E-state index contributed by atoms with van der Waals surface area (Å²) in [5, 5.41) is 10.4. The Labute approximate surface area is 126 Å². The molecule has 0 aromatic heterocycles. The molecular weight excluding hydrogens is 270 g/mol. The number of nitrogens with zero attached hydrogens (tertiary/aromatic N) is 1. The van der Waals surface area contributed by atoms with Crippen LogP contribution in [-0.2, 0) is 0 Å². The molecule has 1 aliphatic carbocycles. The summed E-state index contributed by atoms with van der Waals surface area (Å²) in [5.74, 6) is 0. The minimum Gasteiger partial charge on any atom is -0.389 e. The first-order valence-corrected chi connectivity index (χ1v) is 8.20. The number of benzene rings is 1. The van der Waals surface area contributed by atoms with Crippen LogP contribution in [0.4, 0.5) is 5.69 Å². The highest BCUT2D eigenvalue weighted by Gasteiger charge is 2.37. The predicted molar refractivity (Wildman–Crippen MR) is 84.4 cm³/mol. The number of hydrogen-bond donors (Lipinski definition) is 1. The van der Waals surface area contributed by atoms with Crippen LogP contribution in [0.3, 0.4) is 0 Å². The van der Waals surface area contributed by atoms with Crippen LogP contribution in [0.5, 0.6) is 0 Å². The number of piperidine rings is 1. The van der Waals surface area contributed by atoms with Gasteiger partial charge < -0.3 is 10.0 Å². The van der Waals surface area contributed by atoms with E-state index in [4.69, 9.17) is 11.6 Å². The highest BCUT2D eigenvalue weighted by Crippen LogP contribution is 2.47. The summed E-state index contributed by atoms with van der Waals surface area (Å²) < 4.78 is 0. The second-order valence-electron chi connectivity index (χ2n) is 6.58. The summed E-state index contributed by atoms with van der Waals surface area (Å²) in [5.41, 5.74) is 2.66. The average molecular weight is 294 g/mol. The van der Waals surface area contributed by atoms with Gasteiger partial charge in [0.25, 0.3) is 0 Å². The maximum atomic E-state index is 9.62. The van der Waals surface area contributed by atoms with Crippen LogP contribution in [0, 0.1) is 5.41 Å². The Kier molecular flexibility index (Phi) is 3.96. The molecule has 0 radical (unpaired) electrons. The van der Waals surface area contributed by atoms with E-state index in [2.05, 4.69) is 11.0 Å². The molecule has 1 saturated heterocycles. The fourth-order valence-corrected chi connectivity index (χ4v) is 4.19. The maximum Gasteiger partial charge on any atom is 0.0762 e. The minimum atomic E-state index is -0.454. The third-order valence-corrected chi connectivity index (χ3v) is 5.59. The fourth-order valence-electron chi connectivity index (χ4n) is 3.89. The van der Waals surface area contributed by atoms with Gasteiger partial charge in [0.2, 0.25) is 0 Å². The SMILES string of the molecule is C[C@@H](O)c1ccc(N2CCC3(CCCC3)CC2)c(Cl)c1. The molecule has 1 saturated carbocycles. The zero-order valence-corrected chi connectivity index (χ0v) is 13.0. The summed E-state index contributed by atoms with van der Waals surface area (Å²) in [6, 6.07) is 5.96. The van der Waals surface area contributed by atoms with E-state index in [1.165, 1.54) is 38.5 Å². The van der Waals surface area contributed by atoms with Crippen molar-refractivity contribution < 1.29 is 5.11 Å². The van der Waals surface area contributed by atoms with Gasteiger partial charge in [-0.1, -0.05) is 30.5 Å². The largest absolute Gasteiger partial charge is 0.389 e. The van der Waals surface area contributed by atoms with Crippen LogP contribution < -0.4 is 4.90 Å². The Balaban J connectivity index is 1.71. The standard InChI is InChI=1S/C17H24ClNO/c1-13(20)14-4-5-16(15(18)12-14)19-10-8-17(9-11-19)6-2-3-7-17/h4-5,12-13,20H,2-3,6-11H2,1H3/t13-/m1/s1. The minimum absolute atomic E-state index is 0.454. The molecular formula is C17H24ClNO. The van der Waals surface area contributed by atoms with Gasteiger partial charge in [-0.05, 0) is 55.7 Å². The molecule has 2 fully saturated rings. The summed E-state index contributed by atoms with van der Waals surface area (Å²) in [4.78, 5) is 2.41. The Morgan fingerprint density at radius 3 is 2.35 bits per heavy atom. The lowest BCUT2D eigenvalue weighted by Gasteiger charge is -2.40. The molecule has 20 heavy (non-hydrogen) atoms. The van der Waals surface area contributed by atoms with Crippen LogP contribution in [0.15, 0.2) is 18.2 Å². The number of aliphatic hydroxyl groups excluding tert-OH is 1. The molecule has 1 N–H and O–H groups in total. The molecule has 1 aromatic rings. The van der Waals surface area contributed by atoms with E-state index in [1.807, 2.05) is 12.1 Å². The second kappa shape index (κ2) is 5.57. The first kappa shape index (κ1) is 14.2. The van der Waals surface area contributed by atoms with Crippen molar-refractivity contribution in [3.05, 3.63) is 28.8 Å². The van der Waals surface area contributed by atoms with Gasteiger partial charge in [-0.2, -0.15) is 0 Å². The Bertz CT molecular complexity index is 470. The van der Waals surface area contributed by atoms with E-state index >= 15 is 0 Å². The molecule has 2 nitrogen and oxygen atoms in total. The highest BCUT2D eigenvalue weighted by molar-refractivity contribution is 6.33. The third kappa shape index (κ3) is 2.68. The van der Waals surface area contributed by atoms with Gasteiger partial charge in [0.05, 0.1) is 16.8 Å². The highest BCUT2D eigenvalue weighted by atomic mass is 35.5. The molecule has 110 valence electrons. The quantitative estimate of drug-likeness (QED) is 0.864. The Morgan fingerprint density at radius 2 is 1.80 bits per heavy atom. The van der Waals surface area contributed by atoms with E-state index in [9.17, 15) is 5.11 Å². The average Bonchev–Trinajstić information content (AvgIpc) is 2.88. The zero-order chi connectivity index (χ0) is 14.2. The van der Waals surface area contributed by atoms with Crippen LogP contribution in [0.1, 0.15) is 57.1 Å². The van der Waals surface area contributed by atoms with E-state index in [0.717, 1.165) is 29.4 Å². The molecule has 1 aliphatic heterocycles. The van der Waals surface area contributed by atoms with Crippen LogP contribution >= 0.6 is 11.6 Å². The normalized spacial score (nSPS) is 23.2. The van der Waals surface area contributed by atoms with Crippen molar-refractivity contribution in [3.8, 4) is 0 Å². The van der Waals surface area contributed by atoms with Crippen molar-refractivity contribution in [2.45, 2.75) is 51.6 Å². The number of anilines is 1. The maximum absolute atomic E-state index is 9.62. The third-order valence-electron chi connectivity index (χ3n) is 5.28. The van der Waals surface area contributed by atoms with Crippen molar-refractivity contribution in [1.29, 1.82) is 0 Å². The monoisotopic (exact) mass is 293 g/mol. The van der Waals surface area contributed by atoms with Gasteiger partial charge >= 0.3 is 0 Å². The molecule has 1 aromatic carbocycles. The smallest absolute Gasteiger partial charge is 0.0762 e. The van der Waals surface area contributed by atoms with E-state index < -0.39 is 6.10 Å².